The van der Waals surface area contributed by atoms with Crippen LogP contribution in [-0.4, -0.2) is 23.1 Å². The lowest BCUT2D eigenvalue weighted by Crippen LogP contribution is -2.30. The third kappa shape index (κ3) is 2.19. The fraction of sp³-hybridized carbons (Fsp3) is 0.833. The molecule has 0 spiro atoms. The molecule has 1 saturated heterocycles. The van der Waals surface area contributed by atoms with E-state index in [9.17, 15) is 4.79 Å². The molecule has 1 rings (SSSR count). The van der Waals surface area contributed by atoms with E-state index in [1.54, 1.807) is 11.8 Å². The van der Waals surface area contributed by atoms with E-state index < -0.39 is 0 Å². The summed E-state index contributed by atoms with van der Waals surface area (Å²) in [5.41, 5.74) is 5.03. The molecule has 0 aromatic carbocycles. The molecule has 1 aliphatic heterocycles. The van der Waals surface area contributed by atoms with Crippen LogP contribution in [0.2, 0.25) is 0 Å². The lowest BCUT2D eigenvalue weighted by Gasteiger charge is -2.06. The van der Waals surface area contributed by atoms with Crippen LogP contribution in [0.25, 0.3) is 0 Å². The van der Waals surface area contributed by atoms with Gasteiger partial charge in [-0.05, 0) is 6.92 Å². The molecule has 2 unspecified atom stereocenters. The Morgan fingerprint density at radius 2 is 2.60 bits per heavy atom. The summed E-state index contributed by atoms with van der Waals surface area (Å²) in [6.45, 7) is 2.11. The van der Waals surface area contributed by atoms with Crippen molar-refractivity contribution >= 4 is 17.7 Å². The minimum absolute atomic E-state index is 0.223. The molecule has 0 radical (unpaired) electrons. The Morgan fingerprint density at radius 3 is 3.00 bits per heavy atom. The summed E-state index contributed by atoms with van der Waals surface area (Å²) in [5, 5.41) is 3.50. The summed E-state index contributed by atoms with van der Waals surface area (Å²) >= 11 is 1.77. The second kappa shape index (κ2) is 3.25. The molecule has 1 amide bonds. The number of nitrogens with one attached hydrogen (secondary N) is 1. The van der Waals surface area contributed by atoms with Crippen molar-refractivity contribution in [2.75, 3.05) is 5.75 Å². The Morgan fingerprint density at radius 1 is 1.90 bits per heavy atom. The first kappa shape index (κ1) is 7.88. The largest absolute Gasteiger partial charge is 0.370 e. The molecule has 58 valence electrons. The maximum atomic E-state index is 10.4. The van der Waals surface area contributed by atoms with Crippen LogP contribution in [0.1, 0.15) is 13.3 Å². The van der Waals surface area contributed by atoms with Gasteiger partial charge >= 0.3 is 0 Å². The fourth-order valence-electron chi connectivity index (χ4n) is 0.975. The first-order valence-corrected chi connectivity index (χ1v) is 4.39. The predicted molar refractivity (Wildman–Crippen MR) is 42.7 cm³/mol. The van der Waals surface area contributed by atoms with Gasteiger partial charge in [-0.15, -0.1) is 11.8 Å². The number of thioether (sulfide) groups is 1. The first-order chi connectivity index (χ1) is 4.68. The van der Waals surface area contributed by atoms with E-state index in [2.05, 4.69) is 12.2 Å². The van der Waals surface area contributed by atoms with E-state index in [1.165, 1.54) is 0 Å². The van der Waals surface area contributed by atoms with Crippen LogP contribution in [0.15, 0.2) is 0 Å². The van der Waals surface area contributed by atoms with Gasteiger partial charge in [0.25, 0.3) is 0 Å². The third-order valence-corrected chi connectivity index (χ3v) is 2.80. The number of primary amides is 1. The van der Waals surface area contributed by atoms with Crippen LogP contribution < -0.4 is 11.1 Å². The Kier molecular flexibility index (Phi) is 2.56. The zero-order chi connectivity index (χ0) is 7.56. The molecule has 0 saturated carbocycles. The number of carbonyl (C=O) groups excluding carboxylic acids is 1. The van der Waals surface area contributed by atoms with Gasteiger partial charge in [0.05, 0.1) is 11.8 Å². The van der Waals surface area contributed by atoms with Crippen molar-refractivity contribution in [3.63, 3.8) is 0 Å². The highest BCUT2D eigenvalue weighted by atomic mass is 32.2. The molecule has 10 heavy (non-hydrogen) atoms. The Bertz CT molecular complexity index is 140. The normalized spacial score (nSPS) is 32.5. The molecule has 3 N–H and O–H groups in total. The van der Waals surface area contributed by atoms with Crippen molar-refractivity contribution in [1.82, 2.24) is 5.32 Å². The minimum atomic E-state index is -0.223. The summed E-state index contributed by atoms with van der Waals surface area (Å²) in [4.78, 5) is 10.4. The van der Waals surface area contributed by atoms with Crippen molar-refractivity contribution in [3.8, 4) is 0 Å². The summed E-state index contributed by atoms with van der Waals surface area (Å²) < 4.78 is 0. The van der Waals surface area contributed by atoms with Crippen LogP contribution in [0, 0.1) is 0 Å². The maximum Gasteiger partial charge on any atom is 0.219 e. The van der Waals surface area contributed by atoms with Crippen molar-refractivity contribution in [3.05, 3.63) is 0 Å². The average Bonchev–Trinajstić information content (AvgIpc) is 2.13. The molecule has 4 heteroatoms. The lowest BCUT2D eigenvalue weighted by molar-refractivity contribution is -0.118. The fourth-order valence-corrected chi connectivity index (χ4v) is 2.20. The molecule has 1 heterocycles. The number of amides is 1. The molecule has 0 aliphatic carbocycles. The van der Waals surface area contributed by atoms with E-state index >= 15 is 0 Å². The quantitative estimate of drug-likeness (QED) is 0.593. The highest BCUT2D eigenvalue weighted by Gasteiger charge is 2.21. The van der Waals surface area contributed by atoms with Gasteiger partial charge in [-0.1, -0.05) is 0 Å². The number of hydrogen-bond acceptors (Lipinski definition) is 3. The molecule has 2 atom stereocenters. The molecule has 0 aromatic rings. The average molecular weight is 160 g/mol. The first-order valence-electron chi connectivity index (χ1n) is 3.34. The van der Waals surface area contributed by atoms with E-state index in [-0.39, 0.29) is 11.3 Å². The standard InChI is InChI=1S/C6H12N2OS/c1-4-3-10-6(8-4)2-5(7)9/h4,6,8H,2-3H2,1H3,(H2,7,9). The highest BCUT2D eigenvalue weighted by Crippen LogP contribution is 2.20. The SMILES string of the molecule is CC1CSC(CC(N)=O)N1. The number of nitrogens with two attached hydrogens (primary N) is 1. The Labute approximate surface area is 64.7 Å². The molecule has 1 aliphatic rings. The maximum absolute atomic E-state index is 10.4. The minimum Gasteiger partial charge on any atom is -0.370 e. The van der Waals surface area contributed by atoms with Crippen molar-refractivity contribution in [2.24, 2.45) is 5.73 Å². The summed E-state index contributed by atoms with van der Waals surface area (Å²) in [6, 6.07) is 0.523. The van der Waals surface area contributed by atoms with Gasteiger partial charge in [-0.3, -0.25) is 4.79 Å². The third-order valence-electron chi connectivity index (χ3n) is 1.40. The molecular formula is C6H12N2OS. The predicted octanol–water partition coefficient (Wildman–Crippen LogP) is -0.0872. The van der Waals surface area contributed by atoms with Crippen LogP contribution in [0.3, 0.4) is 0 Å². The molecule has 3 nitrogen and oxygen atoms in total. The smallest absolute Gasteiger partial charge is 0.219 e. The molecule has 1 fully saturated rings. The second-order valence-corrected chi connectivity index (χ2v) is 3.80. The van der Waals surface area contributed by atoms with Gasteiger partial charge in [-0.25, -0.2) is 0 Å². The monoisotopic (exact) mass is 160 g/mol. The van der Waals surface area contributed by atoms with Crippen LogP contribution in [-0.2, 0) is 4.79 Å². The van der Waals surface area contributed by atoms with Gasteiger partial charge in [-0.2, -0.15) is 0 Å². The summed E-state index contributed by atoms with van der Waals surface area (Å²) in [7, 11) is 0. The van der Waals surface area contributed by atoms with Crippen LogP contribution in [0.4, 0.5) is 0 Å². The Hall–Kier alpha value is -0.220. The van der Waals surface area contributed by atoms with Crippen LogP contribution >= 0.6 is 11.8 Å². The van der Waals surface area contributed by atoms with Gasteiger partial charge in [0.1, 0.15) is 0 Å². The van der Waals surface area contributed by atoms with Gasteiger partial charge in [0.2, 0.25) is 5.91 Å². The lowest BCUT2D eigenvalue weighted by atomic mass is 10.3. The topological polar surface area (TPSA) is 55.1 Å². The second-order valence-electron chi connectivity index (χ2n) is 2.56. The molecule has 0 bridgehead atoms. The number of rotatable bonds is 2. The van der Waals surface area contributed by atoms with E-state index in [0.29, 0.717) is 12.5 Å². The Balaban J connectivity index is 2.24. The summed E-state index contributed by atoms with van der Waals surface area (Å²) in [5.74, 6) is 0.858. The van der Waals surface area contributed by atoms with Gasteiger partial charge in [0.15, 0.2) is 0 Å². The number of hydrogen-bond donors (Lipinski definition) is 2. The van der Waals surface area contributed by atoms with Gasteiger partial charge in [0, 0.05) is 11.8 Å². The van der Waals surface area contributed by atoms with Crippen molar-refractivity contribution in [2.45, 2.75) is 24.8 Å². The molecular weight excluding hydrogens is 148 g/mol. The van der Waals surface area contributed by atoms with Gasteiger partial charge < -0.3 is 11.1 Å². The zero-order valence-electron chi connectivity index (χ0n) is 5.96. The number of carbonyl (C=O) groups is 1. The van der Waals surface area contributed by atoms with Crippen molar-refractivity contribution < 1.29 is 4.79 Å². The molecule has 0 aromatic heterocycles. The van der Waals surface area contributed by atoms with E-state index in [4.69, 9.17) is 5.73 Å². The van der Waals surface area contributed by atoms with Crippen LogP contribution in [0.5, 0.6) is 0 Å². The zero-order valence-corrected chi connectivity index (χ0v) is 6.78. The highest BCUT2D eigenvalue weighted by molar-refractivity contribution is 8.00. The van der Waals surface area contributed by atoms with Crippen molar-refractivity contribution in [1.29, 1.82) is 0 Å². The summed E-state index contributed by atoms with van der Waals surface area (Å²) in [6.07, 6.45) is 0.453. The van der Waals surface area contributed by atoms with E-state index in [1.807, 2.05) is 0 Å². The van der Waals surface area contributed by atoms with E-state index in [0.717, 1.165) is 5.75 Å².